The first-order chi connectivity index (χ1) is 39.5. The number of ether oxygens (including phenoxy) is 4. The van der Waals surface area contributed by atoms with Gasteiger partial charge in [0.2, 0.25) is 23.7 Å². The number of anilines is 6. The van der Waals surface area contributed by atoms with Gasteiger partial charge >= 0.3 is 0 Å². The van der Waals surface area contributed by atoms with Crippen molar-refractivity contribution in [2.75, 3.05) is 101 Å². The Bertz CT molecular complexity index is 3730. The number of carbonyl (C=O) groups is 2. The number of likely N-dealkylation sites (N-methyl/N-ethyl adjacent to an activating group) is 1. The molecule has 2 amide bonds. The van der Waals surface area contributed by atoms with Crippen LogP contribution in [0.15, 0.2) is 97.8 Å². The number of nitrogens with one attached hydrogen (secondary N) is 2. The fraction of sp³-hybridized carbons (Fsp3) is 0.357. The first-order valence-electron chi connectivity index (χ1n) is 26.5. The van der Waals surface area contributed by atoms with E-state index in [1.165, 1.54) is 36.9 Å². The highest BCUT2D eigenvalue weighted by Crippen LogP contribution is 2.40. The van der Waals surface area contributed by atoms with Gasteiger partial charge in [-0.3, -0.25) is 28.2 Å². The molecule has 8 aromatic rings. The normalized spacial score (nSPS) is 20.4. The van der Waals surface area contributed by atoms with Gasteiger partial charge in [-0.25, -0.2) is 38.7 Å². The summed E-state index contributed by atoms with van der Waals surface area (Å²) in [6, 6.07) is 16.7. The number of nitrogens with two attached hydrogens (primary N) is 1. The quantitative estimate of drug-likeness (QED) is 0.0932. The lowest BCUT2D eigenvalue weighted by atomic mass is 9.82. The predicted octanol–water partition coefficient (Wildman–Crippen LogP) is 6.56. The molecule has 12 rings (SSSR count). The zero-order valence-electron chi connectivity index (χ0n) is 45.3. The van der Waals surface area contributed by atoms with Crippen LogP contribution in [-0.2, 0) is 19.1 Å². The van der Waals surface area contributed by atoms with Crippen molar-refractivity contribution in [3.8, 4) is 34.3 Å². The summed E-state index contributed by atoms with van der Waals surface area (Å²) in [7, 11) is 6.65. The number of methoxy groups -OCH3 is 2. The van der Waals surface area contributed by atoms with E-state index in [-0.39, 0.29) is 70.0 Å². The summed E-state index contributed by atoms with van der Waals surface area (Å²) in [5.74, 6) is -0.0245. The number of benzene rings is 2. The Morgan fingerprint density at radius 1 is 0.695 bits per heavy atom. The summed E-state index contributed by atoms with van der Waals surface area (Å²) in [6.45, 7) is 5.78. The number of hydrogen-bond acceptors (Lipinski definition) is 18. The SMILES string of the molecule is COc1cc(N2CC3CN(C(C(=O)N(C)C)C(C)(CC(N)=O)N4CC5CN(c6ccc(Nc7ncc(Cl)c(-c8cnc9c(F)cccn89)n7)c(OC)c6)CC(C4)O5)CC(C2)O3)ccc1Nc1ncc(Cl)c(-c2cnc3c(F)cccn23)n1. The molecule has 82 heavy (non-hydrogen) atoms. The van der Waals surface area contributed by atoms with Crippen molar-refractivity contribution < 1.29 is 37.3 Å². The molecule has 4 saturated heterocycles. The first-order valence-corrected chi connectivity index (χ1v) is 27.3. The molecule has 4 aliphatic heterocycles. The van der Waals surface area contributed by atoms with Crippen molar-refractivity contribution in [2.45, 2.75) is 49.3 Å². The predicted molar refractivity (Wildman–Crippen MR) is 305 cm³/mol. The molecule has 4 N–H and O–H groups in total. The summed E-state index contributed by atoms with van der Waals surface area (Å²) >= 11 is 13.1. The van der Waals surface area contributed by atoms with E-state index < -0.39 is 29.1 Å². The molecule has 26 heteroatoms. The number of rotatable bonds is 16. The van der Waals surface area contributed by atoms with E-state index in [0.29, 0.717) is 98.0 Å². The lowest BCUT2D eigenvalue weighted by Gasteiger charge is -2.57. The monoisotopic (exact) mass is 1160 g/mol. The molecule has 2 aromatic carbocycles. The van der Waals surface area contributed by atoms with E-state index in [1.54, 1.807) is 66.5 Å². The third-order valence-electron chi connectivity index (χ3n) is 15.6. The van der Waals surface area contributed by atoms with Crippen molar-refractivity contribution in [1.29, 1.82) is 0 Å². The van der Waals surface area contributed by atoms with E-state index in [4.69, 9.17) is 47.9 Å². The second-order valence-electron chi connectivity index (χ2n) is 21.3. The minimum absolute atomic E-state index is 0.0650. The second-order valence-corrected chi connectivity index (χ2v) is 22.1. The Kier molecular flexibility index (Phi) is 14.7. The van der Waals surface area contributed by atoms with Gasteiger partial charge in [-0.2, -0.15) is 0 Å². The minimum Gasteiger partial charge on any atom is -0.494 e. The molecule has 4 aliphatic rings. The summed E-state index contributed by atoms with van der Waals surface area (Å²) < 4.78 is 57.2. The van der Waals surface area contributed by atoms with E-state index >= 15 is 0 Å². The smallest absolute Gasteiger partial charge is 0.241 e. The molecule has 0 spiro atoms. The van der Waals surface area contributed by atoms with Crippen molar-refractivity contribution in [1.82, 2.24) is 53.4 Å². The van der Waals surface area contributed by atoms with Crippen LogP contribution < -0.4 is 35.6 Å². The van der Waals surface area contributed by atoms with Gasteiger partial charge in [0, 0.05) is 109 Å². The van der Waals surface area contributed by atoms with Gasteiger partial charge < -0.3 is 50.0 Å². The van der Waals surface area contributed by atoms with Crippen LogP contribution in [0, 0.1) is 11.6 Å². The van der Waals surface area contributed by atoms with Crippen LogP contribution in [0.4, 0.5) is 43.4 Å². The van der Waals surface area contributed by atoms with Crippen LogP contribution in [0.5, 0.6) is 11.5 Å². The molecule has 0 aliphatic carbocycles. The third-order valence-corrected chi connectivity index (χ3v) is 16.2. The van der Waals surface area contributed by atoms with Crippen LogP contribution in [0.2, 0.25) is 10.0 Å². The van der Waals surface area contributed by atoms with Crippen LogP contribution in [0.1, 0.15) is 13.3 Å². The maximum Gasteiger partial charge on any atom is 0.241 e. The maximum atomic E-state index is 14.8. The Balaban J connectivity index is 0.729. The van der Waals surface area contributed by atoms with Crippen LogP contribution in [-0.4, -0.2) is 182 Å². The molecule has 22 nitrogen and oxygen atoms in total. The number of hydrogen-bond donors (Lipinski definition) is 3. The van der Waals surface area contributed by atoms with E-state index in [9.17, 15) is 18.4 Å². The van der Waals surface area contributed by atoms with Crippen LogP contribution >= 0.6 is 23.2 Å². The van der Waals surface area contributed by atoms with Gasteiger partial charge in [0.15, 0.2) is 22.9 Å². The fourth-order valence-corrected chi connectivity index (χ4v) is 12.4. The van der Waals surface area contributed by atoms with E-state index in [0.717, 1.165) is 11.4 Å². The number of nitrogens with zero attached hydrogens (tertiary/aromatic N) is 13. The molecular formula is C56H58Cl2F2N16O6. The van der Waals surface area contributed by atoms with Gasteiger partial charge in [0.1, 0.15) is 28.9 Å². The van der Waals surface area contributed by atoms with Crippen LogP contribution in [0.25, 0.3) is 34.1 Å². The summed E-state index contributed by atoms with van der Waals surface area (Å²) in [4.78, 5) is 65.2. The molecule has 0 radical (unpaired) electrons. The molecule has 6 aromatic heterocycles. The molecule has 0 saturated carbocycles. The molecule has 4 bridgehead atoms. The Morgan fingerprint density at radius 3 is 1.57 bits per heavy atom. The molecule has 10 heterocycles. The number of pyridine rings is 2. The first kappa shape index (κ1) is 54.6. The van der Waals surface area contributed by atoms with Gasteiger partial charge in [-0.1, -0.05) is 23.2 Å². The van der Waals surface area contributed by atoms with Gasteiger partial charge in [-0.15, -0.1) is 0 Å². The average Bonchev–Trinajstić information content (AvgIpc) is 3.59. The molecule has 6 atom stereocenters. The summed E-state index contributed by atoms with van der Waals surface area (Å²) in [6.07, 6.45) is 8.15. The standard InChI is InChI=1S/C56H58Cl2F2N16O6/c1-56(18-47(61)77,74-29-35-25-72(26-36(30-74)82-35)32-11-13-42(46(17-32)80-5)67-55-65-20-38(58)49(69-55)44-22-63-52-40(60)9-7-15-76(44)52)50(53(78)70(2)3)73-27-33-23-71(24-34(28-73)81-33)31-10-12-41(45(16-31)79-4)66-54-64-19-37(57)48(68-54)43-21-62-51-39(59)8-6-14-75(43)51/h6-17,19-22,33-36,50H,18,23-30H2,1-5H3,(H2,61,77)(H,64,66,68)(H,65,67,69). The highest BCUT2D eigenvalue weighted by Gasteiger charge is 2.53. The number of aromatic nitrogens is 8. The van der Waals surface area contributed by atoms with E-state index in [2.05, 4.69) is 60.1 Å². The fourth-order valence-electron chi connectivity index (χ4n) is 12.0. The number of imidazole rings is 2. The maximum absolute atomic E-state index is 14.8. The molecule has 426 valence electrons. The zero-order valence-corrected chi connectivity index (χ0v) is 46.9. The van der Waals surface area contributed by atoms with E-state index in [1.807, 2.05) is 43.3 Å². The Labute approximate surface area is 479 Å². The third kappa shape index (κ3) is 10.4. The number of fused-ring (bicyclic) bond motifs is 6. The number of morpholine rings is 4. The molecular weight excluding hydrogens is 1100 g/mol. The summed E-state index contributed by atoms with van der Waals surface area (Å²) in [5.41, 5.74) is 10.2. The number of halogens is 4. The molecule has 6 unspecified atom stereocenters. The van der Waals surface area contributed by atoms with Crippen molar-refractivity contribution in [3.63, 3.8) is 0 Å². The zero-order chi connectivity index (χ0) is 57.1. The number of primary amides is 1. The Morgan fingerprint density at radius 2 is 1.15 bits per heavy atom. The minimum atomic E-state index is -1.03. The van der Waals surface area contributed by atoms with Gasteiger partial charge in [-0.05, 0) is 55.5 Å². The largest absolute Gasteiger partial charge is 0.494 e. The van der Waals surface area contributed by atoms with Crippen molar-refractivity contribution >= 4 is 81.0 Å². The number of carbonyl (C=O) groups excluding carboxylic acids is 2. The Hall–Kier alpha value is -8.00. The van der Waals surface area contributed by atoms with Crippen molar-refractivity contribution in [2.24, 2.45) is 5.73 Å². The van der Waals surface area contributed by atoms with Crippen LogP contribution in [0.3, 0.4) is 0 Å². The number of amides is 2. The van der Waals surface area contributed by atoms with Gasteiger partial charge in [0.25, 0.3) is 0 Å². The lowest BCUT2D eigenvalue weighted by Crippen LogP contribution is -2.74. The highest BCUT2D eigenvalue weighted by atomic mass is 35.5. The lowest BCUT2D eigenvalue weighted by molar-refractivity contribution is -0.170. The second kappa shape index (κ2) is 22.1. The topological polar surface area (TPSA) is 223 Å². The van der Waals surface area contributed by atoms with Crippen molar-refractivity contribution in [3.05, 3.63) is 120 Å². The highest BCUT2D eigenvalue weighted by molar-refractivity contribution is 6.33. The molecule has 4 fully saturated rings. The van der Waals surface area contributed by atoms with Gasteiger partial charge in [0.05, 0.1) is 102 Å². The average molecular weight is 1160 g/mol. The summed E-state index contributed by atoms with van der Waals surface area (Å²) in [5, 5.41) is 7.05.